The molecule has 1 aromatic carbocycles. The monoisotopic (exact) mass is 445 g/mol. The van der Waals surface area contributed by atoms with Crippen molar-refractivity contribution in [3.8, 4) is 5.75 Å². The highest BCUT2D eigenvalue weighted by atomic mass is 35.5. The first-order valence-electron chi connectivity index (χ1n) is 10.5. The van der Waals surface area contributed by atoms with Crippen molar-refractivity contribution in [2.75, 3.05) is 33.3 Å². The number of hydrogen-bond acceptors (Lipinski definition) is 4. The summed E-state index contributed by atoms with van der Waals surface area (Å²) in [5, 5.41) is 3.22. The Morgan fingerprint density at radius 3 is 2.41 bits per heavy atom. The van der Waals surface area contributed by atoms with Gasteiger partial charge in [0.25, 0.3) is 0 Å². The number of carbonyl (C=O) groups is 1. The molecule has 29 heavy (non-hydrogen) atoms. The lowest BCUT2D eigenvalue weighted by Crippen LogP contribution is -2.41. The van der Waals surface area contributed by atoms with Gasteiger partial charge in [-0.2, -0.15) is 0 Å². The first-order valence-corrected chi connectivity index (χ1v) is 10.5. The second-order valence-corrected chi connectivity index (χ2v) is 8.25. The Labute approximate surface area is 187 Å². The van der Waals surface area contributed by atoms with Gasteiger partial charge >= 0.3 is 0 Å². The molecule has 1 unspecified atom stereocenters. The molecule has 7 heteroatoms. The lowest BCUT2D eigenvalue weighted by molar-refractivity contribution is -0.124. The maximum atomic E-state index is 12.8. The van der Waals surface area contributed by atoms with Gasteiger partial charge in [-0.05, 0) is 56.8 Å². The first kappa shape index (κ1) is 26.0. The summed E-state index contributed by atoms with van der Waals surface area (Å²) in [5.74, 6) is 1.04. The minimum atomic E-state index is 0. The van der Waals surface area contributed by atoms with E-state index in [0.29, 0.717) is 19.5 Å². The second-order valence-electron chi connectivity index (χ2n) is 8.25. The average molecular weight is 446 g/mol. The van der Waals surface area contributed by atoms with Gasteiger partial charge in [0, 0.05) is 18.5 Å². The van der Waals surface area contributed by atoms with E-state index in [0.717, 1.165) is 37.2 Å². The van der Waals surface area contributed by atoms with Gasteiger partial charge in [0.15, 0.2) is 0 Å². The van der Waals surface area contributed by atoms with Crippen LogP contribution in [0.4, 0.5) is 0 Å². The van der Waals surface area contributed by atoms with Crippen molar-refractivity contribution in [3.63, 3.8) is 0 Å². The molecule has 0 radical (unpaired) electrons. The van der Waals surface area contributed by atoms with Crippen LogP contribution in [0.2, 0.25) is 0 Å². The molecule has 5 nitrogen and oxygen atoms in total. The van der Waals surface area contributed by atoms with Gasteiger partial charge in [-0.1, -0.05) is 37.5 Å². The van der Waals surface area contributed by atoms with Crippen LogP contribution in [0.5, 0.6) is 5.75 Å². The third kappa shape index (κ3) is 6.74. The zero-order chi connectivity index (χ0) is 19.1. The molecule has 3 rings (SSSR count). The molecule has 1 heterocycles. The minimum absolute atomic E-state index is 0. The summed E-state index contributed by atoms with van der Waals surface area (Å²) in [7, 11) is 1.71. The average Bonchev–Trinajstić information content (AvgIpc) is 3.23. The highest BCUT2D eigenvalue weighted by Gasteiger charge is 2.33. The summed E-state index contributed by atoms with van der Waals surface area (Å²) in [6.07, 6.45) is 8.82. The van der Waals surface area contributed by atoms with Gasteiger partial charge in [-0.25, -0.2) is 0 Å². The van der Waals surface area contributed by atoms with E-state index in [-0.39, 0.29) is 42.2 Å². The number of carbonyl (C=O) groups excluding carboxylic acids is 1. The number of ether oxygens (including phenoxy) is 1. The van der Waals surface area contributed by atoms with Crippen LogP contribution in [0, 0.1) is 5.41 Å². The fourth-order valence-corrected chi connectivity index (χ4v) is 4.80. The van der Waals surface area contributed by atoms with Crippen molar-refractivity contribution in [2.45, 2.75) is 57.4 Å². The van der Waals surface area contributed by atoms with Gasteiger partial charge in [0.1, 0.15) is 5.75 Å². The predicted octanol–water partition coefficient (Wildman–Crippen LogP) is 4.09. The number of para-hydroxylation sites is 1. The lowest BCUT2D eigenvalue weighted by atomic mass is 9.71. The van der Waals surface area contributed by atoms with Crippen LogP contribution in [0.3, 0.4) is 0 Å². The maximum Gasteiger partial charge on any atom is 0.220 e. The molecule has 1 amide bonds. The number of nitrogens with two attached hydrogens (primary N) is 1. The predicted molar refractivity (Wildman–Crippen MR) is 123 cm³/mol. The fourth-order valence-electron chi connectivity index (χ4n) is 4.80. The SMILES string of the molecule is COc1ccccc1C(CNC(=O)CC1(CN)CCCCC1)N1CCCC1.Cl.Cl. The van der Waals surface area contributed by atoms with Crippen LogP contribution in [0.1, 0.15) is 63.0 Å². The summed E-state index contributed by atoms with van der Waals surface area (Å²) in [6.45, 7) is 3.39. The second kappa shape index (κ2) is 12.6. The van der Waals surface area contributed by atoms with Gasteiger partial charge in [-0.3, -0.25) is 9.69 Å². The van der Waals surface area contributed by atoms with Crippen LogP contribution in [0.15, 0.2) is 24.3 Å². The molecule has 0 spiro atoms. The fraction of sp³-hybridized carbons (Fsp3) is 0.682. The molecule has 2 aliphatic rings. The molecule has 3 N–H and O–H groups in total. The molecule has 1 atom stereocenters. The van der Waals surface area contributed by atoms with E-state index in [1.165, 1.54) is 32.1 Å². The smallest absolute Gasteiger partial charge is 0.220 e. The number of rotatable bonds is 8. The molecule has 2 fully saturated rings. The summed E-state index contributed by atoms with van der Waals surface area (Å²) >= 11 is 0. The van der Waals surface area contributed by atoms with Gasteiger partial charge in [0.05, 0.1) is 13.2 Å². The van der Waals surface area contributed by atoms with Crippen LogP contribution in [-0.2, 0) is 4.79 Å². The number of halogens is 2. The number of benzene rings is 1. The van der Waals surface area contributed by atoms with Crippen molar-refractivity contribution in [1.82, 2.24) is 10.2 Å². The standard InChI is InChI=1S/C22H35N3O2.2ClH/c1-27-20-10-4-3-9-18(20)19(25-13-7-8-14-25)16-24-21(26)15-22(17-23)11-5-2-6-12-22;;/h3-4,9-10,19H,2,5-8,11-17,23H2,1H3,(H,24,26);2*1H. The zero-order valence-corrected chi connectivity index (χ0v) is 19.2. The van der Waals surface area contributed by atoms with E-state index in [1.807, 2.05) is 18.2 Å². The molecular weight excluding hydrogens is 409 g/mol. The Morgan fingerprint density at radius 1 is 1.14 bits per heavy atom. The quantitative estimate of drug-likeness (QED) is 0.631. The third-order valence-corrected chi connectivity index (χ3v) is 6.45. The molecule has 1 saturated carbocycles. The number of likely N-dealkylation sites (tertiary alicyclic amines) is 1. The first-order chi connectivity index (χ1) is 13.2. The van der Waals surface area contributed by atoms with E-state index in [4.69, 9.17) is 10.5 Å². The van der Waals surface area contributed by atoms with Gasteiger partial charge < -0.3 is 15.8 Å². The number of nitrogens with zero attached hydrogens (tertiary/aromatic N) is 1. The topological polar surface area (TPSA) is 67.6 Å². The summed E-state index contributed by atoms with van der Waals surface area (Å²) < 4.78 is 5.59. The molecule has 0 bridgehead atoms. The van der Waals surface area contributed by atoms with Crippen LogP contribution >= 0.6 is 24.8 Å². The highest BCUT2D eigenvalue weighted by molar-refractivity contribution is 5.85. The van der Waals surface area contributed by atoms with Crippen LogP contribution in [0.25, 0.3) is 0 Å². The Balaban J connectivity index is 0.00000210. The Bertz CT molecular complexity index is 618. The summed E-state index contributed by atoms with van der Waals surface area (Å²) in [5.41, 5.74) is 7.24. The van der Waals surface area contributed by atoms with Crippen molar-refractivity contribution < 1.29 is 9.53 Å². The molecule has 166 valence electrons. The normalized spacial score (nSPS) is 19.5. The summed E-state index contributed by atoms with van der Waals surface area (Å²) in [6, 6.07) is 8.33. The van der Waals surface area contributed by atoms with Gasteiger partial charge in [0.2, 0.25) is 5.91 Å². The van der Waals surface area contributed by atoms with E-state index >= 15 is 0 Å². The van der Waals surface area contributed by atoms with E-state index in [2.05, 4.69) is 16.3 Å². The third-order valence-electron chi connectivity index (χ3n) is 6.45. The van der Waals surface area contributed by atoms with E-state index in [1.54, 1.807) is 7.11 Å². The number of nitrogens with one attached hydrogen (secondary N) is 1. The van der Waals surface area contributed by atoms with Crippen LogP contribution < -0.4 is 15.8 Å². The number of methoxy groups -OCH3 is 1. The Hall–Kier alpha value is -1.01. The molecule has 1 aromatic rings. The molecule has 1 saturated heterocycles. The lowest BCUT2D eigenvalue weighted by Gasteiger charge is -2.36. The molecule has 1 aliphatic heterocycles. The minimum Gasteiger partial charge on any atom is -0.496 e. The number of amides is 1. The van der Waals surface area contributed by atoms with E-state index < -0.39 is 0 Å². The van der Waals surface area contributed by atoms with Crippen molar-refractivity contribution >= 4 is 30.7 Å². The van der Waals surface area contributed by atoms with Crippen molar-refractivity contribution in [3.05, 3.63) is 29.8 Å². The van der Waals surface area contributed by atoms with Gasteiger partial charge in [-0.15, -0.1) is 24.8 Å². The molecule has 0 aromatic heterocycles. The maximum absolute atomic E-state index is 12.8. The summed E-state index contributed by atoms with van der Waals surface area (Å²) in [4.78, 5) is 15.2. The molecular formula is C22H37Cl2N3O2. The largest absolute Gasteiger partial charge is 0.496 e. The van der Waals surface area contributed by atoms with Crippen LogP contribution in [-0.4, -0.2) is 44.1 Å². The molecule has 1 aliphatic carbocycles. The number of hydrogen-bond donors (Lipinski definition) is 2. The Kier molecular flexibility index (Phi) is 11.3. The zero-order valence-electron chi connectivity index (χ0n) is 17.5. The highest BCUT2D eigenvalue weighted by Crippen LogP contribution is 2.38. The van der Waals surface area contributed by atoms with Crippen molar-refractivity contribution in [2.24, 2.45) is 11.1 Å². The van der Waals surface area contributed by atoms with Crippen molar-refractivity contribution in [1.29, 1.82) is 0 Å². The van der Waals surface area contributed by atoms with E-state index in [9.17, 15) is 4.79 Å². The Morgan fingerprint density at radius 2 is 1.79 bits per heavy atom.